The van der Waals surface area contributed by atoms with Gasteiger partial charge >= 0.3 is 12.3 Å². The van der Waals surface area contributed by atoms with Gasteiger partial charge in [0.15, 0.2) is 0 Å². The number of imide groups is 1. The molecule has 4 rings (SSSR count). The number of carboxylic acids is 1. The van der Waals surface area contributed by atoms with Gasteiger partial charge in [-0.25, -0.2) is 0 Å². The molecule has 0 aliphatic carbocycles. The number of rotatable bonds is 6. The third-order valence-corrected chi connectivity index (χ3v) is 5.60. The molecule has 0 bridgehead atoms. The second-order valence-electron chi connectivity index (χ2n) is 7.53. The Morgan fingerprint density at radius 1 is 1.12 bits per heavy atom. The van der Waals surface area contributed by atoms with Gasteiger partial charge in [0.25, 0.3) is 0 Å². The summed E-state index contributed by atoms with van der Waals surface area (Å²) in [4.78, 5) is 43.0. The second kappa shape index (κ2) is 8.23. The molecule has 0 spiro atoms. The summed E-state index contributed by atoms with van der Waals surface area (Å²) in [5, 5.41) is 12.3. The molecule has 168 valence electrons. The van der Waals surface area contributed by atoms with Crippen LogP contribution in [0, 0.1) is 11.8 Å². The van der Waals surface area contributed by atoms with Crippen molar-refractivity contribution in [3.05, 3.63) is 59.9 Å². The summed E-state index contributed by atoms with van der Waals surface area (Å²) in [5.74, 6) is -5.25. The van der Waals surface area contributed by atoms with Crippen molar-refractivity contribution < 1.29 is 37.4 Å². The van der Waals surface area contributed by atoms with Gasteiger partial charge in [-0.2, -0.15) is 0 Å². The molecule has 8 nitrogen and oxygen atoms in total. The summed E-state index contributed by atoms with van der Waals surface area (Å²) in [6, 6.07) is 7.85. The molecule has 2 aliphatic rings. The number of fused-ring (bicyclic) bond motifs is 1. The summed E-state index contributed by atoms with van der Waals surface area (Å²) >= 11 is 0. The van der Waals surface area contributed by atoms with E-state index in [0.29, 0.717) is 12.1 Å². The molecule has 0 radical (unpaired) electrons. The largest absolute Gasteiger partial charge is 0.573 e. The maximum Gasteiger partial charge on any atom is 0.573 e. The average molecular weight is 449 g/mol. The van der Waals surface area contributed by atoms with E-state index >= 15 is 0 Å². The number of halogens is 3. The van der Waals surface area contributed by atoms with Gasteiger partial charge in [0.2, 0.25) is 11.8 Å². The Morgan fingerprint density at radius 3 is 2.53 bits per heavy atom. The van der Waals surface area contributed by atoms with Crippen LogP contribution in [-0.2, 0) is 20.8 Å². The highest BCUT2D eigenvalue weighted by Crippen LogP contribution is 2.44. The Kier molecular flexibility index (Phi) is 5.59. The van der Waals surface area contributed by atoms with E-state index in [-0.39, 0.29) is 12.1 Å². The zero-order valence-electron chi connectivity index (χ0n) is 16.5. The molecule has 4 unspecified atom stereocenters. The van der Waals surface area contributed by atoms with E-state index in [1.54, 1.807) is 24.4 Å². The molecule has 32 heavy (non-hydrogen) atoms. The molecule has 2 N–H and O–H groups in total. The van der Waals surface area contributed by atoms with Crippen LogP contribution in [0.1, 0.15) is 17.3 Å². The lowest BCUT2D eigenvalue weighted by Crippen LogP contribution is -2.43. The number of pyridine rings is 1. The lowest BCUT2D eigenvalue weighted by Gasteiger charge is -2.22. The van der Waals surface area contributed by atoms with E-state index in [1.165, 1.54) is 12.1 Å². The van der Waals surface area contributed by atoms with Gasteiger partial charge in [0.1, 0.15) is 11.8 Å². The Hall–Kier alpha value is -3.47. The second-order valence-corrected chi connectivity index (χ2v) is 7.53. The molecule has 2 saturated heterocycles. The smallest absolute Gasteiger partial charge is 0.480 e. The predicted molar refractivity (Wildman–Crippen MR) is 102 cm³/mol. The third kappa shape index (κ3) is 4.15. The number of carbonyl (C=O) groups is 3. The lowest BCUT2D eigenvalue weighted by atomic mass is 9.86. The van der Waals surface area contributed by atoms with Gasteiger partial charge in [0.05, 0.1) is 11.8 Å². The monoisotopic (exact) mass is 449 g/mol. The Morgan fingerprint density at radius 2 is 1.88 bits per heavy atom. The van der Waals surface area contributed by atoms with Crippen molar-refractivity contribution >= 4 is 17.8 Å². The van der Waals surface area contributed by atoms with E-state index in [9.17, 15) is 32.7 Å². The maximum absolute atomic E-state index is 13.1. The van der Waals surface area contributed by atoms with Crippen LogP contribution in [0.15, 0.2) is 48.7 Å². The fraction of sp³-hybridized carbons (Fsp3) is 0.333. The standard InChI is InChI=1S/C21H18F3N3O5/c22-21(23,24)32-13-6-3-4-11(10-13)16-14-15(17(26-16)20(30)31)19(29)27(18(14)28)9-7-12-5-1-2-8-25-12/h1-6,8,10,14-17,26H,7,9H2,(H,30,31). The highest BCUT2D eigenvalue weighted by Gasteiger charge is 2.60. The predicted octanol–water partition coefficient (Wildman–Crippen LogP) is 1.92. The van der Waals surface area contributed by atoms with Gasteiger partial charge in [-0.15, -0.1) is 13.2 Å². The molecule has 1 aromatic heterocycles. The molecule has 11 heteroatoms. The number of nitrogens with zero attached hydrogens (tertiary/aromatic N) is 2. The summed E-state index contributed by atoms with van der Waals surface area (Å²) < 4.78 is 41.7. The number of amides is 2. The van der Waals surface area contributed by atoms with Crippen LogP contribution in [0.2, 0.25) is 0 Å². The molecular formula is C21H18F3N3O5. The first-order chi connectivity index (χ1) is 15.2. The minimum atomic E-state index is -4.91. The number of likely N-dealkylation sites (tertiary alicyclic amines) is 1. The van der Waals surface area contributed by atoms with Crippen molar-refractivity contribution in [2.45, 2.75) is 24.9 Å². The van der Waals surface area contributed by atoms with Crippen LogP contribution in [0.3, 0.4) is 0 Å². The topological polar surface area (TPSA) is 109 Å². The van der Waals surface area contributed by atoms with Crippen LogP contribution in [0.5, 0.6) is 5.75 Å². The van der Waals surface area contributed by atoms with Crippen LogP contribution in [0.4, 0.5) is 13.2 Å². The molecule has 1 aromatic carbocycles. The Labute approximate surface area is 180 Å². The van der Waals surface area contributed by atoms with Crippen LogP contribution in [-0.4, -0.2) is 51.7 Å². The van der Waals surface area contributed by atoms with Crippen LogP contribution in [0.25, 0.3) is 0 Å². The van der Waals surface area contributed by atoms with Crippen molar-refractivity contribution in [3.8, 4) is 5.75 Å². The summed E-state index contributed by atoms with van der Waals surface area (Å²) in [7, 11) is 0. The zero-order chi connectivity index (χ0) is 23.0. The summed E-state index contributed by atoms with van der Waals surface area (Å²) in [6.45, 7) is 0.0258. The number of benzene rings is 1. The molecule has 3 heterocycles. The molecule has 4 atom stereocenters. The molecular weight excluding hydrogens is 431 g/mol. The zero-order valence-corrected chi connectivity index (χ0v) is 16.5. The first-order valence-electron chi connectivity index (χ1n) is 9.75. The number of nitrogens with one attached hydrogen (secondary N) is 1. The first-order valence-corrected chi connectivity index (χ1v) is 9.75. The number of alkyl halides is 3. The van der Waals surface area contributed by atoms with Gasteiger partial charge in [-0.1, -0.05) is 18.2 Å². The number of aliphatic carboxylic acids is 1. The minimum absolute atomic E-state index is 0.0258. The highest BCUT2D eigenvalue weighted by atomic mass is 19.4. The normalized spacial score (nSPS) is 25.2. The van der Waals surface area contributed by atoms with E-state index < -0.39 is 53.8 Å². The third-order valence-electron chi connectivity index (χ3n) is 5.60. The van der Waals surface area contributed by atoms with E-state index in [1.807, 2.05) is 0 Å². The highest BCUT2D eigenvalue weighted by molar-refractivity contribution is 6.08. The number of aromatic nitrogens is 1. The first kappa shape index (κ1) is 21.8. The Balaban J connectivity index is 1.61. The SMILES string of the molecule is O=C(O)C1NC(c2cccc(OC(F)(F)F)c2)C2C(=O)N(CCc3ccccn3)C(=O)C12. The van der Waals surface area contributed by atoms with Gasteiger partial charge in [0, 0.05) is 30.9 Å². The summed E-state index contributed by atoms with van der Waals surface area (Å²) in [5.41, 5.74) is 0.879. The van der Waals surface area contributed by atoms with Crippen molar-refractivity contribution in [1.82, 2.24) is 15.2 Å². The van der Waals surface area contributed by atoms with Crippen molar-refractivity contribution in [3.63, 3.8) is 0 Å². The molecule has 2 fully saturated rings. The van der Waals surface area contributed by atoms with E-state index in [4.69, 9.17) is 0 Å². The average Bonchev–Trinajstić information content (AvgIpc) is 3.24. The van der Waals surface area contributed by atoms with Crippen molar-refractivity contribution in [1.29, 1.82) is 0 Å². The van der Waals surface area contributed by atoms with Crippen LogP contribution < -0.4 is 10.1 Å². The van der Waals surface area contributed by atoms with Crippen LogP contribution >= 0.6 is 0 Å². The number of carboxylic acid groups (broad SMARTS) is 1. The number of hydrogen-bond donors (Lipinski definition) is 2. The van der Waals surface area contributed by atoms with Gasteiger partial charge in [-0.05, 0) is 29.8 Å². The van der Waals surface area contributed by atoms with Gasteiger partial charge in [-0.3, -0.25) is 29.6 Å². The molecule has 2 amide bonds. The maximum atomic E-state index is 13.1. The number of carbonyl (C=O) groups excluding carboxylic acids is 2. The Bertz CT molecular complexity index is 1050. The van der Waals surface area contributed by atoms with Gasteiger partial charge < -0.3 is 9.84 Å². The number of ether oxygens (including phenoxy) is 1. The van der Waals surface area contributed by atoms with E-state index in [0.717, 1.165) is 17.0 Å². The summed E-state index contributed by atoms with van der Waals surface area (Å²) in [6.07, 6.45) is -3.04. The van der Waals surface area contributed by atoms with E-state index in [2.05, 4.69) is 15.0 Å². The fourth-order valence-electron chi connectivity index (χ4n) is 4.30. The van der Waals surface area contributed by atoms with Crippen molar-refractivity contribution in [2.24, 2.45) is 11.8 Å². The van der Waals surface area contributed by atoms with Crippen molar-refractivity contribution in [2.75, 3.05) is 6.54 Å². The number of hydrogen-bond acceptors (Lipinski definition) is 6. The molecule has 2 aromatic rings. The molecule has 2 aliphatic heterocycles. The fourth-order valence-corrected chi connectivity index (χ4v) is 4.30. The lowest BCUT2D eigenvalue weighted by molar-refractivity contribution is -0.274. The molecule has 0 saturated carbocycles. The quantitative estimate of drug-likeness (QED) is 0.649. The minimum Gasteiger partial charge on any atom is -0.480 e.